The first kappa shape index (κ1) is 17.3. The summed E-state index contributed by atoms with van der Waals surface area (Å²) in [5.74, 6) is -2.63. The number of benzene rings is 1. The van der Waals surface area contributed by atoms with Crippen LogP contribution in [0.4, 0.5) is 8.78 Å². The molecule has 0 saturated carbocycles. The van der Waals surface area contributed by atoms with Crippen molar-refractivity contribution in [1.82, 2.24) is 4.57 Å². The Bertz CT molecular complexity index is 897. The lowest BCUT2D eigenvalue weighted by atomic mass is 9.75. The molecule has 0 fully saturated rings. The Morgan fingerprint density at radius 1 is 1.28 bits per heavy atom. The third kappa shape index (κ3) is 2.97. The van der Waals surface area contributed by atoms with Crippen molar-refractivity contribution in [2.24, 2.45) is 5.41 Å². The van der Waals surface area contributed by atoms with Gasteiger partial charge in [0, 0.05) is 29.4 Å². The Morgan fingerprint density at radius 2 is 1.96 bits per heavy atom. The van der Waals surface area contributed by atoms with Crippen LogP contribution in [-0.2, 0) is 17.6 Å². The van der Waals surface area contributed by atoms with E-state index in [1.807, 2.05) is 13.8 Å². The zero-order valence-electron chi connectivity index (χ0n) is 14.3. The molecule has 0 bridgehead atoms. The predicted octanol–water partition coefficient (Wildman–Crippen LogP) is 3.85. The van der Waals surface area contributed by atoms with Gasteiger partial charge in [0.05, 0.1) is 12.1 Å². The number of hydrogen-bond donors (Lipinski definition) is 1. The average Bonchev–Trinajstić information content (AvgIpc) is 2.70. The molecule has 2 aromatic rings. The maximum Gasteiger partial charge on any atom is 0.307 e. The molecule has 6 heteroatoms. The summed E-state index contributed by atoms with van der Waals surface area (Å²) in [5, 5.41) is 9.21. The molecular formula is C19H19F2NO3. The summed E-state index contributed by atoms with van der Waals surface area (Å²) in [6, 6.07) is 3.25. The van der Waals surface area contributed by atoms with Gasteiger partial charge in [0.25, 0.3) is 0 Å². The zero-order chi connectivity index (χ0) is 18.5. The van der Waals surface area contributed by atoms with E-state index in [-0.39, 0.29) is 23.3 Å². The SMILES string of the molecule is Cc1c(CC(=O)O)c2c(n1-c1ccc(F)cc1F)CC(C)(C)CC2=O. The Labute approximate surface area is 144 Å². The first-order chi connectivity index (χ1) is 11.6. The van der Waals surface area contributed by atoms with Crippen LogP contribution in [0.3, 0.4) is 0 Å². The minimum atomic E-state index is -1.06. The third-order valence-corrected chi connectivity index (χ3v) is 4.68. The van der Waals surface area contributed by atoms with Crippen molar-refractivity contribution in [2.75, 3.05) is 0 Å². The quantitative estimate of drug-likeness (QED) is 0.917. The van der Waals surface area contributed by atoms with Gasteiger partial charge in [-0.1, -0.05) is 13.8 Å². The molecule has 1 aliphatic rings. The molecule has 1 heterocycles. The van der Waals surface area contributed by atoms with Crippen molar-refractivity contribution >= 4 is 11.8 Å². The molecule has 0 unspecified atom stereocenters. The summed E-state index contributed by atoms with van der Waals surface area (Å²) in [4.78, 5) is 23.9. The Morgan fingerprint density at radius 3 is 2.56 bits per heavy atom. The number of ketones is 1. The zero-order valence-corrected chi connectivity index (χ0v) is 14.3. The van der Waals surface area contributed by atoms with Gasteiger partial charge >= 0.3 is 5.97 Å². The molecule has 25 heavy (non-hydrogen) atoms. The molecule has 0 amide bonds. The Hall–Kier alpha value is -2.50. The number of carboxylic acids is 1. The molecule has 1 aliphatic carbocycles. The van der Waals surface area contributed by atoms with Gasteiger partial charge in [-0.2, -0.15) is 0 Å². The van der Waals surface area contributed by atoms with Gasteiger partial charge in [-0.25, -0.2) is 8.78 Å². The number of fused-ring (bicyclic) bond motifs is 1. The molecular weight excluding hydrogens is 328 g/mol. The van der Waals surface area contributed by atoms with Gasteiger partial charge in [-0.05, 0) is 36.5 Å². The van der Waals surface area contributed by atoms with Gasteiger partial charge in [-0.3, -0.25) is 9.59 Å². The Balaban J connectivity index is 2.32. The molecule has 1 N–H and O–H groups in total. The average molecular weight is 347 g/mol. The Kier molecular flexibility index (Phi) is 4.01. The number of carbonyl (C=O) groups excluding carboxylic acids is 1. The van der Waals surface area contributed by atoms with Crippen LogP contribution in [0.2, 0.25) is 0 Å². The predicted molar refractivity (Wildman–Crippen MR) is 88.2 cm³/mol. The van der Waals surface area contributed by atoms with E-state index < -0.39 is 17.6 Å². The highest BCUT2D eigenvalue weighted by atomic mass is 19.1. The lowest BCUT2D eigenvalue weighted by Crippen LogP contribution is -2.28. The molecule has 132 valence electrons. The van der Waals surface area contributed by atoms with E-state index in [2.05, 4.69) is 0 Å². The number of rotatable bonds is 3. The summed E-state index contributed by atoms with van der Waals surface area (Å²) in [5.41, 5.74) is 1.69. The topological polar surface area (TPSA) is 59.3 Å². The standard InChI is InChI=1S/C19H19F2NO3/c1-10-12(7-17(24)25)18-15(8-19(2,3)9-16(18)23)22(10)14-5-4-11(20)6-13(14)21/h4-6H,7-9H2,1-3H3,(H,24,25). The maximum absolute atomic E-state index is 14.4. The normalized spacial score (nSPS) is 16.0. The van der Waals surface area contributed by atoms with E-state index in [1.54, 1.807) is 11.5 Å². The molecule has 1 aromatic carbocycles. The molecule has 4 nitrogen and oxygen atoms in total. The number of aliphatic carboxylic acids is 1. The lowest BCUT2D eigenvalue weighted by Gasteiger charge is -2.30. The minimum absolute atomic E-state index is 0.122. The lowest BCUT2D eigenvalue weighted by molar-refractivity contribution is -0.136. The largest absolute Gasteiger partial charge is 0.481 e. The number of carbonyl (C=O) groups is 2. The fraction of sp³-hybridized carbons (Fsp3) is 0.368. The van der Waals surface area contributed by atoms with Crippen LogP contribution in [0.15, 0.2) is 18.2 Å². The van der Waals surface area contributed by atoms with Crippen molar-refractivity contribution in [3.05, 3.63) is 52.3 Å². The van der Waals surface area contributed by atoms with Crippen LogP contribution in [0, 0.1) is 24.0 Å². The number of hydrogen-bond acceptors (Lipinski definition) is 2. The van der Waals surface area contributed by atoms with Crippen LogP contribution < -0.4 is 0 Å². The molecule has 0 radical (unpaired) electrons. The van der Waals surface area contributed by atoms with Crippen molar-refractivity contribution in [3.63, 3.8) is 0 Å². The fourth-order valence-electron chi connectivity index (χ4n) is 3.70. The molecule has 0 spiro atoms. The van der Waals surface area contributed by atoms with Crippen LogP contribution >= 0.6 is 0 Å². The van der Waals surface area contributed by atoms with E-state index in [4.69, 9.17) is 0 Å². The maximum atomic E-state index is 14.4. The first-order valence-corrected chi connectivity index (χ1v) is 8.04. The van der Waals surface area contributed by atoms with Crippen molar-refractivity contribution < 1.29 is 23.5 Å². The number of halogens is 2. The van der Waals surface area contributed by atoms with Crippen LogP contribution in [-0.4, -0.2) is 21.4 Å². The van der Waals surface area contributed by atoms with Gasteiger partial charge in [0.15, 0.2) is 5.78 Å². The summed E-state index contributed by atoms with van der Waals surface area (Å²) in [6.45, 7) is 5.55. The molecule has 3 rings (SSSR count). The molecule has 0 saturated heterocycles. The number of Topliss-reactive ketones (excluding diaryl/α,β-unsaturated/α-hetero) is 1. The third-order valence-electron chi connectivity index (χ3n) is 4.68. The van der Waals surface area contributed by atoms with Gasteiger partial charge in [0.1, 0.15) is 11.6 Å². The highest BCUT2D eigenvalue weighted by Gasteiger charge is 2.37. The van der Waals surface area contributed by atoms with Gasteiger partial charge in [0.2, 0.25) is 0 Å². The van der Waals surface area contributed by atoms with E-state index in [0.29, 0.717) is 35.4 Å². The first-order valence-electron chi connectivity index (χ1n) is 8.04. The van der Waals surface area contributed by atoms with E-state index >= 15 is 0 Å². The van der Waals surface area contributed by atoms with Crippen LogP contribution in [0.25, 0.3) is 5.69 Å². The highest BCUT2D eigenvalue weighted by Crippen LogP contribution is 2.40. The van der Waals surface area contributed by atoms with Crippen LogP contribution in [0.5, 0.6) is 0 Å². The van der Waals surface area contributed by atoms with E-state index in [9.17, 15) is 23.5 Å². The van der Waals surface area contributed by atoms with E-state index in [1.165, 1.54) is 6.07 Å². The van der Waals surface area contributed by atoms with Crippen molar-refractivity contribution in [2.45, 2.75) is 40.0 Å². The number of aromatic nitrogens is 1. The minimum Gasteiger partial charge on any atom is -0.481 e. The fourth-order valence-corrected chi connectivity index (χ4v) is 3.70. The second-order valence-corrected chi connectivity index (χ2v) is 7.33. The second-order valence-electron chi connectivity index (χ2n) is 7.33. The van der Waals surface area contributed by atoms with Crippen molar-refractivity contribution in [3.8, 4) is 5.69 Å². The number of nitrogens with zero attached hydrogens (tertiary/aromatic N) is 1. The second kappa shape index (κ2) is 5.79. The van der Waals surface area contributed by atoms with Crippen molar-refractivity contribution in [1.29, 1.82) is 0 Å². The summed E-state index contributed by atoms with van der Waals surface area (Å²) >= 11 is 0. The van der Waals surface area contributed by atoms with Gasteiger partial charge in [-0.15, -0.1) is 0 Å². The summed E-state index contributed by atoms with van der Waals surface area (Å²) in [6.07, 6.45) is 0.503. The summed E-state index contributed by atoms with van der Waals surface area (Å²) in [7, 11) is 0. The molecule has 1 aromatic heterocycles. The molecule has 0 aliphatic heterocycles. The van der Waals surface area contributed by atoms with Crippen LogP contribution in [0.1, 0.15) is 47.6 Å². The monoisotopic (exact) mass is 347 g/mol. The summed E-state index contributed by atoms with van der Waals surface area (Å²) < 4.78 is 29.2. The number of carboxylic acid groups (broad SMARTS) is 1. The van der Waals surface area contributed by atoms with E-state index in [0.717, 1.165) is 12.1 Å². The van der Waals surface area contributed by atoms with Gasteiger partial charge < -0.3 is 9.67 Å². The smallest absolute Gasteiger partial charge is 0.307 e. The molecule has 0 atom stereocenters. The highest BCUT2D eigenvalue weighted by molar-refractivity contribution is 6.01.